The highest BCUT2D eigenvalue weighted by Gasteiger charge is 2.17. The van der Waals surface area contributed by atoms with Gasteiger partial charge in [-0.05, 0) is 25.0 Å². The van der Waals surface area contributed by atoms with Gasteiger partial charge in [-0.3, -0.25) is 19.8 Å². The molecule has 0 unspecified atom stereocenters. The van der Waals surface area contributed by atoms with Gasteiger partial charge in [-0.2, -0.15) is 0 Å². The van der Waals surface area contributed by atoms with Gasteiger partial charge in [-0.1, -0.05) is 6.07 Å². The number of benzene rings is 1. The molecule has 0 radical (unpaired) electrons. The molecule has 1 amide bonds. The molecule has 0 bridgehead atoms. The van der Waals surface area contributed by atoms with Crippen molar-refractivity contribution < 1.29 is 9.72 Å². The highest BCUT2D eigenvalue weighted by atomic mass is 16.6. The number of carbonyl (C=O) groups excluding carboxylic acids is 1. The molecule has 0 aromatic heterocycles. The first-order valence-corrected chi connectivity index (χ1v) is 7.10. The molecule has 1 aliphatic heterocycles. The van der Waals surface area contributed by atoms with E-state index < -0.39 is 0 Å². The van der Waals surface area contributed by atoms with Gasteiger partial charge in [0.05, 0.1) is 11.5 Å². The van der Waals surface area contributed by atoms with Crippen molar-refractivity contribution in [1.29, 1.82) is 0 Å². The molecule has 1 fully saturated rings. The summed E-state index contributed by atoms with van der Waals surface area (Å²) in [6, 6.07) is 5.07. The van der Waals surface area contributed by atoms with Crippen LogP contribution in [0.5, 0.6) is 0 Å². The van der Waals surface area contributed by atoms with E-state index in [-0.39, 0.29) is 16.5 Å². The van der Waals surface area contributed by atoms with E-state index in [1.54, 1.807) is 12.1 Å². The van der Waals surface area contributed by atoms with Gasteiger partial charge in [0.25, 0.3) is 5.69 Å². The zero-order chi connectivity index (χ0) is 15.2. The van der Waals surface area contributed by atoms with Crippen LogP contribution in [0.25, 0.3) is 0 Å². The van der Waals surface area contributed by atoms with Gasteiger partial charge in [0, 0.05) is 32.2 Å². The molecule has 0 saturated carbocycles. The van der Waals surface area contributed by atoms with Gasteiger partial charge >= 0.3 is 0 Å². The van der Waals surface area contributed by atoms with Crippen LogP contribution < -0.4 is 10.6 Å². The van der Waals surface area contributed by atoms with E-state index in [1.165, 1.54) is 6.07 Å². The summed E-state index contributed by atoms with van der Waals surface area (Å²) in [5.41, 5.74) is 1.57. The van der Waals surface area contributed by atoms with E-state index in [4.69, 9.17) is 0 Å². The van der Waals surface area contributed by atoms with Crippen LogP contribution in [0, 0.1) is 10.1 Å². The highest BCUT2D eigenvalue weighted by molar-refractivity contribution is 5.78. The summed E-state index contributed by atoms with van der Waals surface area (Å²) in [5, 5.41) is 16.8. The van der Waals surface area contributed by atoms with Crippen molar-refractivity contribution in [2.75, 3.05) is 31.5 Å². The molecule has 0 spiro atoms. The fourth-order valence-corrected chi connectivity index (χ4v) is 2.43. The SMILES string of the molecule is CCNc1cc(CN2CCCNC(=O)C2)ccc1[N+](=O)[O-]. The van der Waals surface area contributed by atoms with Crippen LogP contribution in [-0.2, 0) is 11.3 Å². The van der Waals surface area contributed by atoms with E-state index in [1.807, 2.05) is 6.92 Å². The number of hydrogen-bond acceptors (Lipinski definition) is 5. The molecule has 1 aliphatic rings. The third-order valence-electron chi connectivity index (χ3n) is 3.37. The lowest BCUT2D eigenvalue weighted by Gasteiger charge is -2.19. The van der Waals surface area contributed by atoms with Crippen molar-refractivity contribution in [3.05, 3.63) is 33.9 Å². The van der Waals surface area contributed by atoms with Gasteiger partial charge in [0.2, 0.25) is 5.91 Å². The van der Waals surface area contributed by atoms with Gasteiger partial charge < -0.3 is 10.6 Å². The molecule has 2 N–H and O–H groups in total. The van der Waals surface area contributed by atoms with Gasteiger partial charge in [0.15, 0.2) is 0 Å². The number of nitro groups is 1. The summed E-state index contributed by atoms with van der Waals surface area (Å²) in [4.78, 5) is 24.2. The van der Waals surface area contributed by atoms with Crippen molar-refractivity contribution >= 4 is 17.3 Å². The predicted octanol–water partition coefficient (Wildman–Crippen LogP) is 1.35. The normalized spacial score (nSPS) is 16.1. The minimum absolute atomic E-state index is 0.0290. The first-order valence-electron chi connectivity index (χ1n) is 7.10. The summed E-state index contributed by atoms with van der Waals surface area (Å²) in [5.74, 6) is 0.0290. The Morgan fingerprint density at radius 3 is 3.00 bits per heavy atom. The van der Waals surface area contributed by atoms with Crippen LogP contribution in [0.1, 0.15) is 18.9 Å². The first kappa shape index (κ1) is 15.2. The lowest BCUT2D eigenvalue weighted by Crippen LogP contribution is -2.32. The van der Waals surface area contributed by atoms with Gasteiger partial charge in [0.1, 0.15) is 5.69 Å². The van der Waals surface area contributed by atoms with Crippen molar-refractivity contribution in [3.63, 3.8) is 0 Å². The predicted molar refractivity (Wildman–Crippen MR) is 80.2 cm³/mol. The molecule has 0 atom stereocenters. The van der Waals surface area contributed by atoms with Crippen molar-refractivity contribution in [2.45, 2.75) is 19.9 Å². The Labute approximate surface area is 123 Å². The lowest BCUT2D eigenvalue weighted by atomic mass is 10.1. The molecule has 2 rings (SSSR count). The second kappa shape index (κ2) is 7.03. The average molecular weight is 292 g/mol. The van der Waals surface area contributed by atoms with Crippen LogP contribution in [-0.4, -0.2) is 41.9 Å². The van der Waals surface area contributed by atoms with Gasteiger partial charge in [-0.25, -0.2) is 0 Å². The number of hydrogen-bond donors (Lipinski definition) is 2. The molecular weight excluding hydrogens is 272 g/mol. The largest absolute Gasteiger partial charge is 0.380 e. The zero-order valence-electron chi connectivity index (χ0n) is 12.1. The molecule has 1 aromatic carbocycles. The number of amides is 1. The summed E-state index contributed by atoms with van der Waals surface area (Å²) >= 11 is 0. The molecule has 0 aliphatic carbocycles. The van der Waals surface area contributed by atoms with E-state index >= 15 is 0 Å². The second-order valence-electron chi connectivity index (χ2n) is 5.05. The van der Waals surface area contributed by atoms with Crippen molar-refractivity contribution in [2.24, 2.45) is 0 Å². The fourth-order valence-electron chi connectivity index (χ4n) is 2.43. The maximum absolute atomic E-state index is 11.5. The minimum Gasteiger partial charge on any atom is -0.380 e. The number of nitrogens with zero attached hydrogens (tertiary/aromatic N) is 2. The summed E-state index contributed by atoms with van der Waals surface area (Å²) in [7, 11) is 0. The van der Waals surface area contributed by atoms with Crippen molar-refractivity contribution in [3.8, 4) is 0 Å². The standard InChI is InChI=1S/C14H20N4O3/c1-2-15-12-8-11(4-5-13(12)18(20)21)9-17-7-3-6-16-14(19)10-17/h4-5,8,15H,2-3,6-7,9-10H2,1H3,(H,16,19). The number of nitro benzene ring substituents is 1. The van der Waals surface area contributed by atoms with E-state index in [9.17, 15) is 14.9 Å². The smallest absolute Gasteiger partial charge is 0.292 e. The number of nitrogens with one attached hydrogen (secondary N) is 2. The molecule has 1 heterocycles. The maximum Gasteiger partial charge on any atom is 0.292 e. The quantitative estimate of drug-likeness (QED) is 0.632. The summed E-state index contributed by atoms with van der Waals surface area (Å²) in [6.07, 6.45) is 0.915. The topological polar surface area (TPSA) is 87.5 Å². The van der Waals surface area contributed by atoms with Gasteiger partial charge in [-0.15, -0.1) is 0 Å². The molecule has 1 aromatic rings. The van der Waals surface area contributed by atoms with Crippen molar-refractivity contribution in [1.82, 2.24) is 10.2 Å². The number of carbonyl (C=O) groups is 1. The maximum atomic E-state index is 11.5. The molecule has 21 heavy (non-hydrogen) atoms. The average Bonchev–Trinajstić information content (AvgIpc) is 2.63. The number of rotatable bonds is 5. The molecular formula is C14H20N4O3. The Kier molecular flexibility index (Phi) is 5.10. The Morgan fingerprint density at radius 1 is 1.48 bits per heavy atom. The zero-order valence-corrected chi connectivity index (χ0v) is 12.1. The Bertz CT molecular complexity index is 533. The summed E-state index contributed by atoms with van der Waals surface area (Å²) < 4.78 is 0. The number of anilines is 1. The Balaban J connectivity index is 2.14. The third kappa shape index (κ3) is 4.16. The van der Waals surface area contributed by atoms with E-state index in [0.717, 1.165) is 18.5 Å². The van der Waals surface area contributed by atoms with Crippen LogP contribution in [0.4, 0.5) is 11.4 Å². The van der Waals surface area contributed by atoms with Crippen LogP contribution in [0.3, 0.4) is 0 Å². The Morgan fingerprint density at radius 2 is 2.29 bits per heavy atom. The highest BCUT2D eigenvalue weighted by Crippen LogP contribution is 2.26. The minimum atomic E-state index is -0.388. The van der Waals surface area contributed by atoms with Crippen LogP contribution >= 0.6 is 0 Å². The Hall–Kier alpha value is -2.15. The summed E-state index contributed by atoms with van der Waals surface area (Å²) in [6.45, 7) is 5.05. The monoisotopic (exact) mass is 292 g/mol. The van der Waals surface area contributed by atoms with Crippen LogP contribution in [0.2, 0.25) is 0 Å². The molecule has 1 saturated heterocycles. The first-order chi connectivity index (χ1) is 10.1. The van der Waals surface area contributed by atoms with Crippen LogP contribution in [0.15, 0.2) is 18.2 Å². The third-order valence-corrected chi connectivity index (χ3v) is 3.37. The molecule has 7 heteroatoms. The molecule has 114 valence electrons. The second-order valence-corrected chi connectivity index (χ2v) is 5.05. The van der Waals surface area contributed by atoms with E-state index in [0.29, 0.717) is 31.9 Å². The lowest BCUT2D eigenvalue weighted by molar-refractivity contribution is -0.384. The fraction of sp³-hybridized carbons (Fsp3) is 0.500. The van der Waals surface area contributed by atoms with E-state index in [2.05, 4.69) is 15.5 Å². The molecule has 7 nitrogen and oxygen atoms in total.